The molecule has 34 heavy (non-hydrogen) atoms. The maximum atomic E-state index is 12.8. The number of imide groups is 2. The zero-order valence-electron chi connectivity index (χ0n) is 19.7. The number of likely N-dealkylation sites (tertiary alicyclic amines) is 1. The lowest BCUT2D eigenvalue weighted by Gasteiger charge is -2.33. The van der Waals surface area contributed by atoms with Crippen molar-refractivity contribution in [2.24, 2.45) is 0 Å². The van der Waals surface area contributed by atoms with Crippen LogP contribution in [0.4, 0.5) is 4.79 Å². The summed E-state index contributed by atoms with van der Waals surface area (Å²) < 4.78 is 0. The number of allylic oxidation sites excluding steroid dienone is 1. The molecule has 2 fully saturated rings. The third-order valence-corrected chi connectivity index (χ3v) is 6.95. The Morgan fingerprint density at radius 3 is 2.38 bits per heavy atom. The number of carbonyl (C=O) groups excluding carboxylic acids is 4. The van der Waals surface area contributed by atoms with Crippen molar-refractivity contribution in [3.8, 4) is 0 Å². The molecule has 4 rings (SSSR count). The van der Waals surface area contributed by atoms with E-state index in [1.807, 2.05) is 35.2 Å². The van der Waals surface area contributed by atoms with Crippen molar-refractivity contribution in [1.82, 2.24) is 20.0 Å². The quantitative estimate of drug-likeness (QED) is 0.343. The molecule has 1 N–H and O–H groups in total. The molecule has 2 aliphatic heterocycles. The smallest absolute Gasteiger partial charge is 0.335 e. The molecular weight excluding hydrogens is 432 g/mol. The van der Waals surface area contributed by atoms with Crippen LogP contribution in [0.15, 0.2) is 42.0 Å². The van der Waals surface area contributed by atoms with Crippen molar-refractivity contribution in [1.29, 1.82) is 0 Å². The first-order valence-corrected chi connectivity index (χ1v) is 12.4. The summed E-state index contributed by atoms with van der Waals surface area (Å²) >= 11 is 0. The van der Waals surface area contributed by atoms with E-state index in [2.05, 4.69) is 11.4 Å². The molecule has 2 heterocycles. The predicted molar refractivity (Wildman–Crippen MR) is 127 cm³/mol. The Balaban J connectivity index is 1.20. The third kappa shape index (κ3) is 6.11. The van der Waals surface area contributed by atoms with Gasteiger partial charge in [0.1, 0.15) is 0 Å². The summed E-state index contributed by atoms with van der Waals surface area (Å²) in [5.41, 5.74) is 2.41. The molecule has 3 aliphatic rings. The van der Waals surface area contributed by atoms with Crippen molar-refractivity contribution in [3.63, 3.8) is 0 Å². The van der Waals surface area contributed by atoms with E-state index in [0.717, 1.165) is 47.5 Å². The predicted octanol–water partition coefficient (Wildman–Crippen LogP) is 2.84. The van der Waals surface area contributed by atoms with E-state index < -0.39 is 17.8 Å². The highest BCUT2D eigenvalue weighted by molar-refractivity contribution is 6.44. The molecule has 0 unspecified atom stereocenters. The summed E-state index contributed by atoms with van der Waals surface area (Å²) in [6.07, 6.45) is 9.89. The number of amides is 5. The minimum Gasteiger partial charge on any atom is -0.353 e. The van der Waals surface area contributed by atoms with Gasteiger partial charge in [-0.25, -0.2) is 9.69 Å². The Labute approximate surface area is 200 Å². The highest BCUT2D eigenvalue weighted by Gasteiger charge is 2.44. The second kappa shape index (κ2) is 11.4. The van der Waals surface area contributed by atoms with Gasteiger partial charge in [0.25, 0.3) is 0 Å². The molecule has 0 spiro atoms. The van der Waals surface area contributed by atoms with Crippen molar-refractivity contribution < 1.29 is 19.2 Å². The first kappa shape index (κ1) is 24.1. The number of piperidine rings is 1. The van der Waals surface area contributed by atoms with Crippen molar-refractivity contribution in [3.05, 3.63) is 47.5 Å². The van der Waals surface area contributed by atoms with Gasteiger partial charge in [0, 0.05) is 32.1 Å². The van der Waals surface area contributed by atoms with Gasteiger partial charge in [0.05, 0.1) is 6.67 Å². The lowest BCUT2D eigenvalue weighted by molar-refractivity contribution is -0.144. The van der Waals surface area contributed by atoms with Gasteiger partial charge in [-0.15, -0.1) is 0 Å². The number of aryl methyl sites for hydroxylation is 1. The zero-order valence-corrected chi connectivity index (χ0v) is 19.7. The van der Waals surface area contributed by atoms with E-state index in [0.29, 0.717) is 32.4 Å². The Bertz CT molecular complexity index is 937. The molecule has 1 aliphatic carbocycles. The topological polar surface area (TPSA) is 90.0 Å². The molecular formula is C26H34N4O4. The lowest BCUT2D eigenvalue weighted by Crippen LogP contribution is -2.49. The number of hydrogen-bond donors (Lipinski definition) is 1. The van der Waals surface area contributed by atoms with Gasteiger partial charge in [-0.1, -0.05) is 42.0 Å². The molecule has 0 radical (unpaired) electrons. The number of benzene rings is 1. The molecule has 0 bridgehead atoms. The SMILES string of the molecule is O=C(CCc1ccccc1)NC1CCN(CN2C(=O)C(=O)N(CCC3=CCCCC3)C2=O)CC1. The minimum absolute atomic E-state index is 0.0431. The third-order valence-electron chi connectivity index (χ3n) is 6.95. The van der Waals surface area contributed by atoms with Crippen LogP contribution < -0.4 is 5.32 Å². The van der Waals surface area contributed by atoms with Crippen molar-refractivity contribution in [2.75, 3.05) is 26.3 Å². The van der Waals surface area contributed by atoms with Crippen molar-refractivity contribution >= 4 is 23.8 Å². The first-order valence-electron chi connectivity index (χ1n) is 12.4. The zero-order chi connectivity index (χ0) is 23.9. The Hall–Kier alpha value is -3.00. The van der Waals surface area contributed by atoms with Crippen LogP contribution in [0.5, 0.6) is 0 Å². The van der Waals surface area contributed by atoms with Crippen LogP contribution in [0.1, 0.15) is 56.9 Å². The Morgan fingerprint density at radius 1 is 0.941 bits per heavy atom. The molecule has 1 aromatic rings. The summed E-state index contributed by atoms with van der Waals surface area (Å²) in [6.45, 7) is 1.70. The van der Waals surface area contributed by atoms with Crippen molar-refractivity contribution in [2.45, 2.75) is 63.8 Å². The van der Waals surface area contributed by atoms with Gasteiger partial charge in [-0.2, -0.15) is 0 Å². The van der Waals surface area contributed by atoms with Gasteiger partial charge in [0.2, 0.25) is 5.91 Å². The van der Waals surface area contributed by atoms with Gasteiger partial charge in [-0.3, -0.25) is 24.2 Å². The second-order valence-electron chi connectivity index (χ2n) is 9.42. The fourth-order valence-corrected chi connectivity index (χ4v) is 4.88. The summed E-state index contributed by atoms with van der Waals surface area (Å²) in [5, 5.41) is 3.10. The molecule has 5 amide bonds. The fraction of sp³-hybridized carbons (Fsp3) is 0.538. The van der Waals surface area contributed by atoms with E-state index >= 15 is 0 Å². The average molecular weight is 467 g/mol. The molecule has 182 valence electrons. The normalized spacial score (nSPS) is 20.1. The van der Waals surface area contributed by atoms with Gasteiger partial charge >= 0.3 is 17.8 Å². The number of nitrogens with one attached hydrogen (secondary N) is 1. The maximum Gasteiger partial charge on any atom is 0.335 e. The Kier molecular flexibility index (Phi) is 8.11. The van der Waals surface area contributed by atoms with E-state index in [9.17, 15) is 19.2 Å². The number of nitrogens with zero attached hydrogens (tertiary/aromatic N) is 3. The van der Waals surface area contributed by atoms with Crippen LogP contribution >= 0.6 is 0 Å². The first-order chi connectivity index (χ1) is 16.5. The molecule has 0 saturated carbocycles. The molecule has 8 heteroatoms. The minimum atomic E-state index is -0.737. The van der Waals surface area contributed by atoms with E-state index in [1.54, 1.807) is 0 Å². The van der Waals surface area contributed by atoms with Crippen LogP contribution in [0.25, 0.3) is 0 Å². The van der Waals surface area contributed by atoms with E-state index in [4.69, 9.17) is 0 Å². The summed E-state index contributed by atoms with van der Waals surface area (Å²) in [5.74, 6) is -1.41. The van der Waals surface area contributed by atoms with E-state index in [-0.39, 0.29) is 25.2 Å². The number of urea groups is 1. The average Bonchev–Trinajstić information content (AvgIpc) is 3.06. The number of hydrogen-bond acceptors (Lipinski definition) is 5. The van der Waals surface area contributed by atoms with Crippen LogP contribution in [0, 0.1) is 0 Å². The molecule has 0 atom stereocenters. The van der Waals surface area contributed by atoms with Crippen LogP contribution in [0.2, 0.25) is 0 Å². The van der Waals surface area contributed by atoms with Crippen LogP contribution in [-0.2, 0) is 20.8 Å². The molecule has 8 nitrogen and oxygen atoms in total. The largest absolute Gasteiger partial charge is 0.353 e. The van der Waals surface area contributed by atoms with Crippen LogP contribution in [-0.4, -0.2) is 70.8 Å². The van der Waals surface area contributed by atoms with Gasteiger partial charge in [-0.05, 0) is 56.9 Å². The molecule has 2 saturated heterocycles. The lowest BCUT2D eigenvalue weighted by atomic mass is 9.97. The fourth-order valence-electron chi connectivity index (χ4n) is 4.88. The molecule has 1 aromatic carbocycles. The highest BCUT2D eigenvalue weighted by atomic mass is 16.2. The summed E-state index contributed by atoms with van der Waals surface area (Å²) in [6, 6.07) is 9.52. The number of carbonyl (C=O) groups is 4. The highest BCUT2D eigenvalue weighted by Crippen LogP contribution is 2.22. The summed E-state index contributed by atoms with van der Waals surface area (Å²) in [7, 11) is 0. The van der Waals surface area contributed by atoms with Crippen LogP contribution in [0.3, 0.4) is 0 Å². The maximum absolute atomic E-state index is 12.8. The number of rotatable bonds is 9. The standard InChI is InChI=1S/C26H34N4O4/c31-23(12-11-20-7-3-1-4-8-20)27-22-14-16-28(17-15-22)19-30-25(33)24(32)29(26(30)34)18-13-21-9-5-2-6-10-21/h1,3-4,7-9,22H,2,5-6,10-19H2,(H,27,31). The Morgan fingerprint density at radius 2 is 1.68 bits per heavy atom. The van der Waals surface area contributed by atoms with E-state index in [1.165, 1.54) is 12.0 Å². The van der Waals surface area contributed by atoms with Gasteiger partial charge < -0.3 is 5.32 Å². The molecule has 0 aromatic heterocycles. The monoisotopic (exact) mass is 466 g/mol. The summed E-state index contributed by atoms with van der Waals surface area (Å²) in [4.78, 5) is 54.1. The second-order valence-corrected chi connectivity index (χ2v) is 9.42. The van der Waals surface area contributed by atoms with Gasteiger partial charge in [0.15, 0.2) is 0 Å².